The van der Waals surface area contributed by atoms with Crippen molar-refractivity contribution in [3.05, 3.63) is 0 Å². The van der Waals surface area contributed by atoms with Crippen LogP contribution in [0.25, 0.3) is 0 Å². The third-order valence-corrected chi connectivity index (χ3v) is 0.962. The molecule has 0 aromatic heterocycles. The van der Waals surface area contributed by atoms with Gasteiger partial charge in [0.15, 0.2) is 5.05 Å². The lowest BCUT2D eigenvalue weighted by molar-refractivity contribution is 0.255. The largest absolute Gasteiger partial charge is 0.486 e. The Labute approximate surface area is 70.1 Å². The van der Waals surface area contributed by atoms with Crippen LogP contribution in [-0.4, -0.2) is 45.6 Å². The maximum Gasteiger partial charge on any atom is 0.156 e. The normalized spacial score (nSPS) is 8.80. The van der Waals surface area contributed by atoms with E-state index in [0.29, 0.717) is 11.7 Å². The molecule has 0 heterocycles. The van der Waals surface area contributed by atoms with E-state index in [1.807, 2.05) is 14.1 Å². The summed E-state index contributed by atoms with van der Waals surface area (Å²) in [6.07, 6.45) is 0. The molecule has 0 rings (SSSR count). The van der Waals surface area contributed by atoms with Crippen LogP contribution in [0.3, 0.4) is 0 Å². The molecule has 0 aromatic rings. The Bertz CT molecular complexity index is 97.7. The van der Waals surface area contributed by atoms with Gasteiger partial charge in [0.2, 0.25) is 0 Å². The summed E-state index contributed by atoms with van der Waals surface area (Å²) in [5, 5.41) is 0.622. The highest BCUT2D eigenvalue weighted by Gasteiger charge is 1.89. The first-order valence-electron chi connectivity index (χ1n) is 2.91. The second-order valence-corrected chi connectivity index (χ2v) is 2.72. The lowest BCUT2D eigenvalue weighted by atomic mass is 10.6. The second kappa shape index (κ2) is 7.03. The first-order chi connectivity index (χ1) is 4.13. The van der Waals surface area contributed by atoms with Crippen LogP contribution in [0, 0.1) is 0 Å². The average molecular weight is 161 g/mol. The smallest absolute Gasteiger partial charge is 0.156 e. The van der Waals surface area contributed by atoms with Crippen molar-refractivity contribution in [2.75, 3.05) is 27.2 Å². The lowest BCUT2D eigenvalue weighted by Crippen LogP contribution is -2.18. The van der Waals surface area contributed by atoms with Crippen molar-refractivity contribution in [1.29, 1.82) is 0 Å². The average Bonchev–Trinajstić information content (AvgIpc) is 1.63. The Balaban J connectivity index is 0. The minimum absolute atomic E-state index is 0. The summed E-state index contributed by atoms with van der Waals surface area (Å²) in [6.45, 7) is 3.40. The van der Waals surface area contributed by atoms with Gasteiger partial charge < -0.3 is 9.64 Å². The van der Waals surface area contributed by atoms with Gasteiger partial charge in [0.05, 0.1) is 8.41 Å². The van der Waals surface area contributed by atoms with Gasteiger partial charge in [-0.25, -0.2) is 0 Å². The monoisotopic (exact) mass is 161 g/mol. The first-order valence-corrected chi connectivity index (χ1v) is 3.32. The predicted octanol–water partition coefficient (Wildman–Crippen LogP) is -0.272. The minimum Gasteiger partial charge on any atom is -0.486 e. The summed E-state index contributed by atoms with van der Waals surface area (Å²) in [7, 11) is 4.00. The van der Waals surface area contributed by atoms with E-state index in [0.717, 1.165) is 6.54 Å². The molecule has 0 aliphatic carbocycles. The second-order valence-electron chi connectivity index (χ2n) is 2.14. The van der Waals surface area contributed by atoms with Crippen molar-refractivity contribution in [2.24, 2.45) is 0 Å². The highest BCUT2D eigenvalue weighted by Crippen LogP contribution is 1.80. The fraction of sp³-hybridized carbons (Fsp3) is 0.833. The van der Waals surface area contributed by atoms with Crippen molar-refractivity contribution in [3.8, 4) is 0 Å². The zero-order valence-corrected chi connectivity index (χ0v) is 6.99. The van der Waals surface area contributed by atoms with Crippen LogP contribution in [0.5, 0.6) is 0 Å². The summed E-state index contributed by atoms with van der Waals surface area (Å²) in [5.74, 6) is 0. The van der Waals surface area contributed by atoms with Gasteiger partial charge in [0.1, 0.15) is 6.61 Å². The number of nitrogens with zero attached hydrogens (tertiary/aromatic N) is 1. The van der Waals surface area contributed by atoms with Crippen LogP contribution in [0.2, 0.25) is 0 Å². The van der Waals surface area contributed by atoms with E-state index < -0.39 is 0 Å². The Morgan fingerprint density at radius 1 is 1.50 bits per heavy atom. The molecule has 0 aromatic carbocycles. The van der Waals surface area contributed by atoms with Crippen LogP contribution >= 0.6 is 12.2 Å². The zero-order chi connectivity index (χ0) is 7.28. The third kappa shape index (κ3) is 10.8. The van der Waals surface area contributed by atoms with Crippen LogP contribution < -0.4 is 0 Å². The number of likely N-dealkylation sites (N-methyl/N-ethyl adjacent to an activating group) is 1. The molecule has 0 saturated carbocycles. The van der Waals surface area contributed by atoms with E-state index >= 15 is 0 Å². The van der Waals surface area contributed by atoms with Gasteiger partial charge in [-0.1, -0.05) is 0 Å². The Morgan fingerprint density at radius 2 is 2.00 bits per heavy atom. The number of hydrogen-bond donors (Lipinski definition) is 0. The number of rotatable bonds is 3. The highest BCUT2D eigenvalue weighted by molar-refractivity contribution is 7.80. The molecular formula is C6H16BNOS. The summed E-state index contributed by atoms with van der Waals surface area (Å²) in [5.41, 5.74) is 0. The van der Waals surface area contributed by atoms with Crippen molar-refractivity contribution < 1.29 is 4.74 Å². The molecule has 60 valence electrons. The topological polar surface area (TPSA) is 12.5 Å². The molecule has 0 aliphatic heterocycles. The van der Waals surface area contributed by atoms with Gasteiger partial charge in [-0.05, 0) is 26.3 Å². The van der Waals surface area contributed by atoms with Gasteiger partial charge in [0, 0.05) is 13.5 Å². The summed E-state index contributed by atoms with van der Waals surface area (Å²) >= 11 is 4.71. The minimum atomic E-state index is 0. The van der Waals surface area contributed by atoms with Crippen LogP contribution in [-0.2, 0) is 4.74 Å². The maximum atomic E-state index is 5.04. The van der Waals surface area contributed by atoms with E-state index in [4.69, 9.17) is 17.0 Å². The van der Waals surface area contributed by atoms with Gasteiger partial charge >= 0.3 is 0 Å². The van der Waals surface area contributed by atoms with E-state index in [9.17, 15) is 0 Å². The summed E-state index contributed by atoms with van der Waals surface area (Å²) < 4.78 is 5.04. The van der Waals surface area contributed by atoms with Crippen LogP contribution in [0.15, 0.2) is 0 Å². The maximum absolute atomic E-state index is 5.04. The standard InChI is InChI=1S/C6H13NOS.BH3/c1-6(9)8-5-4-7(2)3;/h4-5H2,1-3H3;1H3. The first kappa shape index (κ1) is 12.6. The SMILES string of the molecule is B.CC(=S)OCCN(C)C. The number of hydrogen-bond acceptors (Lipinski definition) is 3. The molecule has 0 bridgehead atoms. The molecule has 0 unspecified atom stereocenters. The molecular weight excluding hydrogens is 145 g/mol. The molecule has 0 aliphatic rings. The van der Waals surface area contributed by atoms with Crippen molar-refractivity contribution in [1.82, 2.24) is 4.90 Å². The summed E-state index contributed by atoms with van der Waals surface area (Å²) in [4.78, 5) is 2.05. The summed E-state index contributed by atoms with van der Waals surface area (Å²) in [6, 6.07) is 0. The van der Waals surface area contributed by atoms with Gasteiger partial charge in [-0.2, -0.15) is 0 Å². The fourth-order valence-electron chi connectivity index (χ4n) is 0.372. The van der Waals surface area contributed by atoms with Crippen molar-refractivity contribution in [2.45, 2.75) is 6.92 Å². The van der Waals surface area contributed by atoms with Gasteiger partial charge in [-0.3, -0.25) is 0 Å². The molecule has 0 amide bonds. The lowest BCUT2D eigenvalue weighted by Gasteiger charge is -2.08. The molecule has 0 radical (unpaired) electrons. The molecule has 0 atom stereocenters. The van der Waals surface area contributed by atoms with Gasteiger partial charge in [0.25, 0.3) is 0 Å². The fourth-order valence-corrected chi connectivity index (χ4v) is 0.455. The van der Waals surface area contributed by atoms with Crippen molar-refractivity contribution >= 4 is 25.7 Å². The quantitative estimate of drug-likeness (QED) is 0.417. The van der Waals surface area contributed by atoms with Gasteiger partial charge in [-0.15, -0.1) is 0 Å². The van der Waals surface area contributed by atoms with E-state index in [2.05, 4.69) is 4.90 Å². The highest BCUT2D eigenvalue weighted by atomic mass is 32.1. The molecule has 2 nitrogen and oxygen atoms in total. The van der Waals surface area contributed by atoms with E-state index in [1.165, 1.54) is 0 Å². The van der Waals surface area contributed by atoms with Crippen LogP contribution in [0.4, 0.5) is 0 Å². The van der Waals surface area contributed by atoms with E-state index in [1.54, 1.807) is 6.92 Å². The molecule has 0 spiro atoms. The van der Waals surface area contributed by atoms with Crippen LogP contribution in [0.1, 0.15) is 6.92 Å². The Morgan fingerprint density at radius 3 is 2.30 bits per heavy atom. The molecule has 0 N–H and O–H groups in total. The molecule has 0 saturated heterocycles. The Kier molecular flexibility index (Phi) is 8.84. The zero-order valence-electron chi connectivity index (χ0n) is 6.18. The Hall–Kier alpha value is -0.0851. The van der Waals surface area contributed by atoms with E-state index in [-0.39, 0.29) is 8.41 Å². The molecule has 10 heavy (non-hydrogen) atoms. The number of thiocarbonyl (C=S) groups is 1. The number of ether oxygens (including phenoxy) is 1. The predicted molar refractivity (Wildman–Crippen MR) is 52.7 cm³/mol. The molecule has 4 heteroatoms. The molecule has 0 fully saturated rings. The third-order valence-electron chi connectivity index (χ3n) is 0.844. The van der Waals surface area contributed by atoms with Crippen molar-refractivity contribution in [3.63, 3.8) is 0 Å².